The number of rotatable bonds is 5. The first-order valence-electron chi connectivity index (χ1n) is 8.16. The lowest BCUT2D eigenvalue weighted by Gasteiger charge is -2.31. The highest BCUT2D eigenvalue weighted by Gasteiger charge is 2.51. The number of carbonyl (C=O) groups is 1. The molecule has 1 aliphatic rings. The van der Waals surface area contributed by atoms with Gasteiger partial charge in [-0.15, -0.1) is 0 Å². The average Bonchev–Trinajstić information content (AvgIpc) is 2.88. The van der Waals surface area contributed by atoms with Crippen molar-refractivity contribution in [3.63, 3.8) is 0 Å². The third-order valence-electron chi connectivity index (χ3n) is 4.16. The van der Waals surface area contributed by atoms with E-state index in [9.17, 15) is 15.0 Å². The van der Waals surface area contributed by atoms with Crippen molar-refractivity contribution in [1.29, 1.82) is 0 Å². The van der Waals surface area contributed by atoms with E-state index in [1.165, 1.54) is 18.2 Å². The summed E-state index contributed by atoms with van der Waals surface area (Å²) < 4.78 is 5.89. The number of aliphatic hydroxyl groups excluding tert-OH is 1. The standard InChI is InChI=1S/C22H22O4/c1-5-8-20-19(7-3)21(25)26-22(20,16(6-2)10-9-15(4)23)17-11-13-18(24)14-12-17/h5-14,23-24H,1,4H2,2-3H3/b10-9-,16-6+,19-7+,20-8+. The molecule has 1 heterocycles. The summed E-state index contributed by atoms with van der Waals surface area (Å²) in [6.07, 6.45) is 9.91. The van der Waals surface area contributed by atoms with Gasteiger partial charge in [-0.25, -0.2) is 4.79 Å². The van der Waals surface area contributed by atoms with Gasteiger partial charge in [-0.1, -0.05) is 55.7 Å². The molecule has 0 spiro atoms. The van der Waals surface area contributed by atoms with Crippen LogP contribution in [0.3, 0.4) is 0 Å². The molecule has 1 saturated heterocycles. The number of aliphatic hydroxyl groups is 1. The Labute approximate surface area is 153 Å². The van der Waals surface area contributed by atoms with E-state index >= 15 is 0 Å². The van der Waals surface area contributed by atoms with Crippen LogP contribution in [0.5, 0.6) is 5.75 Å². The lowest BCUT2D eigenvalue weighted by Crippen LogP contribution is -2.29. The molecule has 0 aromatic heterocycles. The maximum absolute atomic E-state index is 12.6. The predicted octanol–water partition coefficient (Wildman–Crippen LogP) is 4.78. The largest absolute Gasteiger partial charge is 0.509 e. The van der Waals surface area contributed by atoms with E-state index < -0.39 is 11.6 Å². The van der Waals surface area contributed by atoms with E-state index in [4.69, 9.17) is 4.74 Å². The van der Waals surface area contributed by atoms with Crippen LogP contribution in [0, 0.1) is 0 Å². The van der Waals surface area contributed by atoms with Crippen molar-refractivity contribution >= 4 is 5.97 Å². The number of ether oxygens (including phenoxy) is 1. The van der Waals surface area contributed by atoms with Crippen molar-refractivity contribution in [1.82, 2.24) is 0 Å². The molecule has 4 heteroatoms. The first-order valence-corrected chi connectivity index (χ1v) is 8.16. The topological polar surface area (TPSA) is 66.8 Å². The van der Waals surface area contributed by atoms with Gasteiger partial charge in [0.1, 0.15) is 11.5 Å². The van der Waals surface area contributed by atoms with Gasteiger partial charge in [0, 0.05) is 16.7 Å². The maximum atomic E-state index is 12.6. The highest BCUT2D eigenvalue weighted by molar-refractivity contribution is 5.99. The molecule has 0 aliphatic carbocycles. The van der Waals surface area contributed by atoms with Gasteiger partial charge in [0.05, 0.1) is 5.57 Å². The molecule has 1 atom stereocenters. The van der Waals surface area contributed by atoms with Crippen LogP contribution in [-0.2, 0) is 15.1 Å². The Balaban J connectivity index is 2.84. The van der Waals surface area contributed by atoms with Crippen molar-refractivity contribution in [3.05, 3.63) is 102 Å². The molecule has 1 aromatic carbocycles. The summed E-state index contributed by atoms with van der Waals surface area (Å²) in [4.78, 5) is 12.6. The van der Waals surface area contributed by atoms with Crippen molar-refractivity contribution in [2.45, 2.75) is 19.4 Å². The Bertz CT molecular complexity index is 851. The lowest BCUT2D eigenvalue weighted by molar-refractivity contribution is -0.143. The highest BCUT2D eigenvalue weighted by atomic mass is 16.6. The fourth-order valence-electron chi connectivity index (χ4n) is 3.04. The SMILES string of the molecule is C=C/C=C1\C(=C/C)C(=O)OC1(C(/C=C\C(=C)O)=C/C)c1ccc(O)cc1. The molecule has 2 rings (SSSR count). The monoisotopic (exact) mass is 350 g/mol. The van der Waals surface area contributed by atoms with E-state index in [-0.39, 0.29) is 11.5 Å². The molecular weight excluding hydrogens is 328 g/mol. The molecular formula is C22H22O4. The Morgan fingerprint density at radius 1 is 1.19 bits per heavy atom. The second-order valence-electron chi connectivity index (χ2n) is 5.70. The highest BCUT2D eigenvalue weighted by Crippen LogP contribution is 2.50. The lowest BCUT2D eigenvalue weighted by atomic mass is 9.77. The third-order valence-corrected chi connectivity index (χ3v) is 4.16. The number of phenolic OH excluding ortho intramolecular Hbond substituents is 1. The second-order valence-corrected chi connectivity index (χ2v) is 5.70. The second kappa shape index (κ2) is 7.74. The fraction of sp³-hybridized carbons (Fsp3) is 0.136. The zero-order valence-corrected chi connectivity index (χ0v) is 14.9. The summed E-state index contributed by atoms with van der Waals surface area (Å²) in [5, 5.41) is 19.1. The Morgan fingerprint density at radius 2 is 1.85 bits per heavy atom. The summed E-state index contributed by atoms with van der Waals surface area (Å²) in [6, 6.07) is 6.46. The quantitative estimate of drug-likeness (QED) is 0.347. The van der Waals surface area contributed by atoms with Crippen LogP contribution >= 0.6 is 0 Å². The van der Waals surface area contributed by atoms with Gasteiger partial charge in [0.25, 0.3) is 0 Å². The summed E-state index contributed by atoms with van der Waals surface area (Å²) in [7, 11) is 0. The summed E-state index contributed by atoms with van der Waals surface area (Å²) in [6.45, 7) is 10.8. The first kappa shape index (κ1) is 19.1. The van der Waals surface area contributed by atoms with Crippen LogP contribution in [-0.4, -0.2) is 16.2 Å². The van der Waals surface area contributed by atoms with E-state index in [2.05, 4.69) is 13.2 Å². The number of cyclic esters (lactones) is 1. The van der Waals surface area contributed by atoms with Gasteiger partial charge in [0.15, 0.2) is 5.60 Å². The number of phenols is 1. The Kier molecular flexibility index (Phi) is 5.68. The molecule has 0 bridgehead atoms. The van der Waals surface area contributed by atoms with Gasteiger partial charge in [-0.2, -0.15) is 0 Å². The van der Waals surface area contributed by atoms with Crippen LogP contribution in [0.1, 0.15) is 19.4 Å². The van der Waals surface area contributed by atoms with Crippen LogP contribution in [0.15, 0.2) is 96.4 Å². The van der Waals surface area contributed by atoms with Crippen molar-refractivity contribution in [2.75, 3.05) is 0 Å². The number of hydrogen-bond acceptors (Lipinski definition) is 4. The van der Waals surface area contributed by atoms with E-state index in [1.807, 2.05) is 6.92 Å². The van der Waals surface area contributed by atoms with Crippen molar-refractivity contribution in [2.24, 2.45) is 0 Å². The van der Waals surface area contributed by atoms with E-state index in [0.717, 1.165) is 0 Å². The predicted molar refractivity (Wildman–Crippen MR) is 103 cm³/mol. The van der Waals surface area contributed by atoms with Crippen LogP contribution in [0.4, 0.5) is 0 Å². The third kappa shape index (κ3) is 3.26. The minimum Gasteiger partial charge on any atom is -0.509 e. The zero-order chi connectivity index (χ0) is 19.3. The smallest absolute Gasteiger partial charge is 0.339 e. The number of esters is 1. The molecule has 2 N–H and O–H groups in total. The van der Waals surface area contributed by atoms with Gasteiger partial charge in [0.2, 0.25) is 0 Å². The zero-order valence-electron chi connectivity index (χ0n) is 14.9. The molecule has 0 saturated carbocycles. The number of allylic oxidation sites excluding steroid dienone is 5. The molecule has 1 unspecified atom stereocenters. The van der Waals surface area contributed by atoms with Crippen LogP contribution in [0.2, 0.25) is 0 Å². The Hall–Kier alpha value is -3.27. The summed E-state index contributed by atoms with van der Waals surface area (Å²) in [5.74, 6) is -0.464. The van der Waals surface area contributed by atoms with E-state index in [0.29, 0.717) is 22.3 Å². The normalized spacial score (nSPS) is 23.6. The van der Waals surface area contributed by atoms with Gasteiger partial charge in [-0.05, 0) is 32.1 Å². The molecule has 0 radical (unpaired) electrons. The first-order chi connectivity index (χ1) is 12.4. The number of hydrogen-bond donors (Lipinski definition) is 2. The molecule has 0 amide bonds. The maximum Gasteiger partial charge on any atom is 0.339 e. The van der Waals surface area contributed by atoms with Gasteiger partial charge in [-0.3, -0.25) is 0 Å². The Morgan fingerprint density at radius 3 is 2.35 bits per heavy atom. The number of carbonyl (C=O) groups excluding carboxylic acids is 1. The fourth-order valence-corrected chi connectivity index (χ4v) is 3.04. The minimum absolute atomic E-state index is 0.107. The average molecular weight is 350 g/mol. The molecule has 1 aliphatic heterocycles. The molecule has 1 aromatic rings. The minimum atomic E-state index is -1.22. The van der Waals surface area contributed by atoms with Gasteiger partial charge >= 0.3 is 5.97 Å². The summed E-state index contributed by atoms with van der Waals surface area (Å²) in [5.41, 5.74) is 1.15. The van der Waals surface area contributed by atoms with E-state index in [1.54, 1.807) is 49.4 Å². The van der Waals surface area contributed by atoms with Crippen LogP contribution < -0.4 is 0 Å². The number of aromatic hydroxyl groups is 1. The van der Waals surface area contributed by atoms with Crippen molar-refractivity contribution in [3.8, 4) is 5.75 Å². The molecule has 134 valence electrons. The van der Waals surface area contributed by atoms with Crippen LogP contribution in [0.25, 0.3) is 0 Å². The number of benzene rings is 1. The molecule has 1 fully saturated rings. The molecule has 26 heavy (non-hydrogen) atoms. The molecule has 4 nitrogen and oxygen atoms in total. The van der Waals surface area contributed by atoms with Crippen molar-refractivity contribution < 1.29 is 19.7 Å². The van der Waals surface area contributed by atoms with Gasteiger partial charge < -0.3 is 14.9 Å². The summed E-state index contributed by atoms with van der Waals surface area (Å²) >= 11 is 0.